The van der Waals surface area contributed by atoms with Gasteiger partial charge in [0.15, 0.2) is 0 Å². The molecule has 0 unspecified atom stereocenters. The second kappa shape index (κ2) is 11.5. The lowest BCUT2D eigenvalue weighted by molar-refractivity contribution is 0.580. The van der Waals surface area contributed by atoms with Gasteiger partial charge in [-0.15, -0.1) is 0 Å². The largest absolute Gasteiger partial charge is 0.310 e. The monoisotopic (exact) mass is 755 g/mol. The van der Waals surface area contributed by atoms with Crippen molar-refractivity contribution >= 4 is 56.2 Å². The summed E-state index contributed by atoms with van der Waals surface area (Å²) in [5.41, 5.74) is 17.7. The van der Waals surface area contributed by atoms with Gasteiger partial charge in [-0.05, 0) is 106 Å². The number of aromatic nitrogens is 3. The van der Waals surface area contributed by atoms with Gasteiger partial charge in [0, 0.05) is 56.3 Å². The Labute approximate surface area is 341 Å². The predicted molar refractivity (Wildman–Crippen MR) is 241 cm³/mol. The Morgan fingerprint density at radius 2 is 1.03 bits per heavy atom. The van der Waals surface area contributed by atoms with Crippen LogP contribution in [0.2, 0.25) is 0 Å². The maximum atomic E-state index is 5.10. The fourth-order valence-electron chi connectivity index (χ4n) is 10.5. The third kappa shape index (κ3) is 4.53. The van der Waals surface area contributed by atoms with Crippen LogP contribution in [0, 0.1) is 0 Å². The third-order valence-electron chi connectivity index (χ3n) is 13.8. The van der Waals surface area contributed by atoms with Crippen LogP contribution in [0.4, 0.5) is 34.3 Å². The van der Waals surface area contributed by atoms with Gasteiger partial charge < -0.3 is 4.90 Å². The molecule has 5 aromatic carbocycles. The molecule has 8 aromatic rings. The van der Waals surface area contributed by atoms with Crippen molar-refractivity contribution in [1.82, 2.24) is 14.5 Å². The van der Waals surface area contributed by atoms with Crippen LogP contribution in [0.15, 0.2) is 134 Å². The lowest BCUT2D eigenvalue weighted by Gasteiger charge is -2.45. The number of pyridine rings is 2. The molecular formula is C53H49N5. The van der Waals surface area contributed by atoms with Gasteiger partial charge in [-0.2, -0.15) is 0 Å². The van der Waals surface area contributed by atoms with Crippen molar-refractivity contribution in [3.05, 3.63) is 173 Å². The van der Waals surface area contributed by atoms with Gasteiger partial charge in [-0.3, -0.25) is 9.47 Å². The smallest absolute Gasteiger partial charge is 0.145 e. The Balaban J connectivity index is 1.18. The Bertz CT molecular complexity index is 3000. The normalized spacial score (nSPS) is 16.7. The zero-order chi connectivity index (χ0) is 40.1. The minimum Gasteiger partial charge on any atom is -0.310 e. The molecule has 6 heterocycles. The summed E-state index contributed by atoms with van der Waals surface area (Å²) in [6.45, 7) is 21.2. The molecule has 11 rings (SSSR count). The molecule has 5 heteroatoms. The minimum absolute atomic E-state index is 0.00110. The molecule has 0 N–H and O–H groups in total. The second-order valence-corrected chi connectivity index (χ2v) is 19.2. The molecule has 0 amide bonds. The lowest BCUT2D eigenvalue weighted by atomic mass is 9.68. The third-order valence-corrected chi connectivity index (χ3v) is 13.8. The maximum absolute atomic E-state index is 5.10. The van der Waals surface area contributed by atoms with Crippen LogP contribution in [-0.4, -0.2) is 14.5 Å². The quantitative estimate of drug-likeness (QED) is 0.176. The van der Waals surface area contributed by atoms with E-state index in [-0.39, 0.29) is 21.7 Å². The van der Waals surface area contributed by atoms with E-state index in [1.54, 1.807) is 0 Å². The zero-order valence-corrected chi connectivity index (χ0v) is 34.9. The first kappa shape index (κ1) is 35.0. The minimum atomic E-state index is -0.262. The molecule has 0 saturated heterocycles. The van der Waals surface area contributed by atoms with Crippen molar-refractivity contribution in [3.8, 4) is 5.69 Å². The Hall–Kier alpha value is -6.20. The van der Waals surface area contributed by atoms with Gasteiger partial charge in [0.1, 0.15) is 11.5 Å². The van der Waals surface area contributed by atoms with Gasteiger partial charge in [0.2, 0.25) is 0 Å². The molecule has 0 saturated carbocycles. The van der Waals surface area contributed by atoms with E-state index in [0.717, 1.165) is 28.5 Å². The number of nitrogens with zero attached hydrogens (tertiary/aromatic N) is 5. The molecule has 3 aromatic heterocycles. The van der Waals surface area contributed by atoms with E-state index in [2.05, 4.69) is 198 Å². The van der Waals surface area contributed by atoms with Crippen molar-refractivity contribution in [3.63, 3.8) is 0 Å². The summed E-state index contributed by atoms with van der Waals surface area (Å²) < 4.78 is 2.46. The van der Waals surface area contributed by atoms with Crippen molar-refractivity contribution in [2.24, 2.45) is 0 Å². The first-order valence-electron chi connectivity index (χ1n) is 20.7. The number of fused-ring (bicyclic) bond motifs is 9. The molecule has 0 aliphatic carbocycles. The maximum Gasteiger partial charge on any atom is 0.145 e. The number of para-hydroxylation sites is 2. The number of rotatable bonds is 2. The van der Waals surface area contributed by atoms with Gasteiger partial charge in [0.25, 0.3) is 0 Å². The Morgan fingerprint density at radius 1 is 0.448 bits per heavy atom. The molecule has 0 atom stereocenters. The Kier molecular flexibility index (Phi) is 6.92. The van der Waals surface area contributed by atoms with E-state index in [1.807, 2.05) is 12.4 Å². The molecule has 0 fully saturated rings. The van der Waals surface area contributed by atoms with Crippen LogP contribution < -0.4 is 9.80 Å². The molecular weight excluding hydrogens is 707 g/mol. The molecule has 286 valence electrons. The fraction of sp³-hybridized carbons (Fsp3) is 0.245. The van der Waals surface area contributed by atoms with Crippen molar-refractivity contribution in [2.45, 2.75) is 84.0 Å². The number of benzene rings is 5. The van der Waals surface area contributed by atoms with Crippen molar-refractivity contribution in [2.75, 3.05) is 9.80 Å². The van der Waals surface area contributed by atoms with E-state index in [4.69, 9.17) is 9.97 Å². The van der Waals surface area contributed by atoms with Crippen molar-refractivity contribution < 1.29 is 0 Å². The molecule has 0 bridgehead atoms. The van der Waals surface area contributed by atoms with E-state index < -0.39 is 0 Å². The van der Waals surface area contributed by atoms with Gasteiger partial charge >= 0.3 is 0 Å². The first-order valence-corrected chi connectivity index (χ1v) is 20.7. The zero-order valence-electron chi connectivity index (χ0n) is 34.9. The van der Waals surface area contributed by atoms with Gasteiger partial charge in [-0.25, -0.2) is 9.97 Å². The van der Waals surface area contributed by atoms with Crippen LogP contribution in [0.5, 0.6) is 0 Å². The van der Waals surface area contributed by atoms with Crippen LogP contribution in [0.25, 0.3) is 27.6 Å². The van der Waals surface area contributed by atoms with E-state index in [1.165, 1.54) is 72.3 Å². The van der Waals surface area contributed by atoms with Crippen molar-refractivity contribution in [1.29, 1.82) is 0 Å². The summed E-state index contributed by atoms with van der Waals surface area (Å²) in [6, 6.07) is 45.4. The van der Waals surface area contributed by atoms with Crippen LogP contribution >= 0.6 is 0 Å². The fourth-order valence-corrected chi connectivity index (χ4v) is 10.5. The Morgan fingerprint density at radius 3 is 1.76 bits per heavy atom. The first-order chi connectivity index (χ1) is 27.7. The average molecular weight is 756 g/mol. The molecule has 58 heavy (non-hydrogen) atoms. The topological polar surface area (TPSA) is 37.2 Å². The average Bonchev–Trinajstić information content (AvgIpc) is 3.54. The predicted octanol–water partition coefficient (Wildman–Crippen LogP) is 13.7. The van der Waals surface area contributed by atoms with Crippen LogP contribution in [0.3, 0.4) is 0 Å². The summed E-state index contributed by atoms with van der Waals surface area (Å²) in [6.07, 6.45) is 3.86. The number of anilines is 6. The van der Waals surface area contributed by atoms with E-state index >= 15 is 0 Å². The summed E-state index contributed by atoms with van der Waals surface area (Å²) >= 11 is 0. The SMILES string of the molecule is CC(C)(C)c1cc2c3c(c1)c1cccnc1n3-c1cc3c(cc1C2(C)C)C(C)(C)c1ccccc1N3c1cccc(N2c3ccccc3C(C)(C)c3cccnc32)c1. The molecule has 3 aliphatic heterocycles. The molecule has 3 aliphatic rings. The van der Waals surface area contributed by atoms with Gasteiger partial charge in [-0.1, -0.05) is 117 Å². The molecule has 0 radical (unpaired) electrons. The highest BCUT2D eigenvalue weighted by Crippen LogP contribution is 2.58. The summed E-state index contributed by atoms with van der Waals surface area (Å²) in [5.74, 6) is 0.976. The summed E-state index contributed by atoms with van der Waals surface area (Å²) in [7, 11) is 0. The summed E-state index contributed by atoms with van der Waals surface area (Å²) in [5, 5.41) is 2.47. The highest BCUT2D eigenvalue weighted by molar-refractivity contribution is 6.11. The highest BCUT2D eigenvalue weighted by Gasteiger charge is 2.43. The van der Waals surface area contributed by atoms with Gasteiger partial charge in [0.05, 0.1) is 28.3 Å². The second-order valence-electron chi connectivity index (χ2n) is 19.2. The highest BCUT2D eigenvalue weighted by atomic mass is 15.2. The number of hydrogen-bond donors (Lipinski definition) is 0. The standard InChI is InChI=1S/C53H49N5/c1-50(2,3)32-27-36-35-19-15-25-54-48(35)58-46-31-45-40(30-41(46)53(8,9)42(28-32)47(36)58)52(6,7)37-20-10-12-23-43(37)56(45)33-17-14-18-34(29-33)57-44-24-13-11-21-38(44)51(4,5)39-22-16-26-55-49(39)57/h10-31H,1-9H3. The van der Waals surface area contributed by atoms with E-state index in [9.17, 15) is 0 Å². The van der Waals surface area contributed by atoms with Crippen LogP contribution in [0.1, 0.15) is 101 Å². The van der Waals surface area contributed by atoms with E-state index in [0.29, 0.717) is 0 Å². The lowest BCUT2D eigenvalue weighted by Crippen LogP contribution is -2.34. The molecule has 5 nitrogen and oxygen atoms in total. The van der Waals surface area contributed by atoms with Crippen LogP contribution in [-0.2, 0) is 21.7 Å². The molecule has 0 spiro atoms. The number of hydrogen-bond acceptors (Lipinski definition) is 4. The summed E-state index contributed by atoms with van der Waals surface area (Å²) in [4.78, 5) is 15.0.